The van der Waals surface area contributed by atoms with Gasteiger partial charge in [0, 0.05) is 17.2 Å². The number of nitrogens with zero attached hydrogens (tertiary/aromatic N) is 1. The summed E-state index contributed by atoms with van der Waals surface area (Å²) >= 11 is 3.38. The first-order chi connectivity index (χ1) is 5.36. The molecule has 0 saturated carbocycles. The zero-order valence-corrected chi connectivity index (χ0v) is 8.26. The Morgan fingerprint density at radius 3 is 2.73 bits per heavy atom. The standard InChI is InChI=1S/C9H12BrN/c1-2-8-3-4-9(5-6-10)11-7-8/h3-4,7H,2,5-6H2,1H3. The Labute approximate surface area is 76.0 Å². The number of aryl methyl sites for hydroxylation is 2. The normalized spacial score (nSPS) is 10.0. The van der Waals surface area contributed by atoms with E-state index in [1.807, 2.05) is 6.20 Å². The second kappa shape index (κ2) is 4.50. The number of aromatic nitrogens is 1. The second-order valence-corrected chi connectivity index (χ2v) is 3.24. The van der Waals surface area contributed by atoms with Crippen LogP contribution in [-0.4, -0.2) is 10.3 Å². The van der Waals surface area contributed by atoms with Crippen LogP contribution in [0, 0.1) is 0 Å². The topological polar surface area (TPSA) is 12.9 Å². The third kappa shape index (κ3) is 2.62. The Balaban J connectivity index is 2.66. The lowest BCUT2D eigenvalue weighted by Crippen LogP contribution is -1.91. The molecule has 0 spiro atoms. The summed E-state index contributed by atoms with van der Waals surface area (Å²) in [6.07, 6.45) is 4.05. The van der Waals surface area contributed by atoms with Gasteiger partial charge in [0.1, 0.15) is 0 Å². The zero-order chi connectivity index (χ0) is 8.10. The van der Waals surface area contributed by atoms with Gasteiger partial charge in [0.25, 0.3) is 0 Å². The van der Waals surface area contributed by atoms with E-state index in [0.717, 1.165) is 18.2 Å². The Morgan fingerprint density at radius 2 is 2.27 bits per heavy atom. The number of hydrogen-bond donors (Lipinski definition) is 0. The average molecular weight is 214 g/mol. The maximum absolute atomic E-state index is 4.31. The van der Waals surface area contributed by atoms with Crippen molar-refractivity contribution in [2.24, 2.45) is 0 Å². The Morgan fingerprint density at radius 1 is 1.45 bits per heavy atom. The second-order valence-electron chi connectivity index (χ2n) is 2.45. The first-order valence-corrected chi connectivity index (χ1v) is 4.98. The predicted molar refractivity (Wildman–Crippen MR) is 51.1 cm³/mol. The zero-order valence-electron chi connectivity index (χ0n) is 6.68. The molecular formula is C9H12BrN. The summed E-state index contributed by atoms with van der Waals surface area (Å²) in [6, 6.07) is 4.24. The van der Waals surface area contributed by atoms with Gasteiger partial charge in [-0.15, -0.1) is 0 Å². The molecule has 1 rings (SSSR count). The van der Waals surface area contributed by atoms with Crippen molar-refractivity contribution in [1.29, 1.82) is 0 Å². The molecule has 1 heterocycles. The van der Waals surface area contributed by atoms with E-state index in [1.54, 1.807) is 0 Å². The highest BCUT2D eigenvalue weighted by Crippen LogP contribution is 2.02. The molecule has 0 bridgehead atoms. The van der Waals surface area contributed by atoms with Gasteiger partial charge in [-0.1, -0.05) is 28.9 Å². The molecular weight excluding hydrogens is 202 g/mol. The first-order valence-electron chi connectivity index (χ1n) is 3.86. The molecule has 2 heteroatoms. The van der Waals surface area contributed by atoms with Crippen molar-refractivity contribution in [3.63, 3.8) is 0 Å². The number of halogens is 1. The van der Waals surface area contributed by atoms with Crippen molar-refractivity contribution >= 4 is 15.9 Å². The van der Waals surface area contributed by atoms with E-state index < -0.39 is 0 Å². The van der Waals surface area contributed by atoms with Crippen molar-refractivity contribution in [2.45, 2.75) is 19.8 Å². The van der Waals surface area contributed by atoms with Crippen molar-refractivity contribution in [1.82, 2.24) is 4.98 Å². The van der Waals surface area contributed by atoms with Crippen molar-refractivity contribution in [2.75, 3.05) is 5.33 Å². The molecule has 0 amide bonds. The number of hydrogen-bond acceptors (Lipinski definition) is 1. The van der Waals surface area contributed by atoms with Gasteiger partial charge in [0.2, 0.25) is 0 Å². The van der Waals surface area contributed by atoms with Gasteiger partial charge in [-0.25, -0.2) is 0 Å². The molecule has 0 fully saturated rings. The van der Waals surface area contributed by atoms with Gasteiger partial charge in [0.15, 0.2) is 0 Å². The van der Waals surface area contributed by atoms with E-state index in [0.29, 0.717) is 0 Å². The van der Waals surface area contributed by atoms with Crippen LogP contribution in [0.2, 0.25) is 0 Å². The van der Waals surface area contributed by atoms with Crippen LogP contribution in [0.4, 0.5) is 0 Å². The number of alkyl halides is 1. The van der Waals surface area contributed by atoms with E-state index in [-0.39, 0.29) is 0 Å². The molecule has 1 aromatic heterocycles. The summed E-state index contributed by atoms with van der Waals surface area (Å²) in [6.45, 7) is 2.14. The maximum Gasteiger partial charge on any atom is 0.0412 e. The lowest BCUT2D eigenvalue weighted by atomic mass is 10.2. The van der Waals surface area contributed by atoms with Crippen LogP contribution in [0.3, 0.4) is 0 Å². The average Bonchev–Trinajstić information content (AvgIpc) is 2.07. The van der Waals surface area contributed by atoms with Crippen LogP contribution in [-0.2, 0) is 12.8 Å². The van der Waals surface area contributed by atoms with E-state index in [2.05, 4.69) is 40.0 Å². The van der Waals surface area contributed by atoms with E-state index in [9.17, 15) is 0 Å². The van der Waals surface area contributed by atoms with Crippen molar-refractivity contribution in [3.05, 3.63) is 29.6 Å². The molecule has 0 saturated heterocycles. The van der Waals surface area contributed by atoms with E-state index >= 15 is 0 Å². The van der Waals surface area contributed by atoms with E-state index in [1.165, 1.54) is 11.3 Å². The van der Waals surface area contributed by atoms with E-state index in [4.69, 9.17) is 0 Å². The largest absolute Gasteiger partial charge is 0.261 e. The van der Waals surface area contributed by atoms with Crippen LogP contribution in [0.25, 0.3) is 0 Å². The fraction of sp³-hybridized carbons (Fsp3) is 0.444. The molecule has 0 radical (unpaired) electrons. The first kappa shape index (κ1) is 8.72. The summed E-state index contributed by atoms with van der Waals surface area (Å²) in [5, 5.41) is 0.992. The number of pyridine rings is 1. The molecule has 1 nitrogen and oxygen atoms in total. The predicted octanol–water partition coefficient (Wildman–Crippen LogP) is 2.58. The van der Waals surface area contributed by atoms with Crippen LogP contribution in [0.5, 0.6) is 0 Å². The van der Waals surface area contributed by atoms with Gasteiger partial charge in [-0.2, -0.15) is 0 Å². The summed E-state index contributed by atoms with van der Waals surface area (Å²) < 4.78 is 0. The van der Waals surface area contributed by atoms with Crippen LogP contribution < -0.4 is 0 Å². The highest BCUT2D eigenvalue weighted by molar-refractivity contribution is 9.09. The quantitative estimate of drug-likeness (QED) is 0.704. The van der Waals surface area contributed by atoms with Gasteiger partial charge < -0.3 is 0 Å². The highest BCUT2D eigenvalue weighted by atomic mass is 79.9. The molecule has 11 heavy (non-hydrogen) atoms. The minimum Gasteiger partial charge on any atom is -0.261 e. The summed E-state index contributed by atoms with van der Waals surface area (Å²) in [4.78, 5) is 4.31. The van der Waals surface area contributed by atoms with Crippen molar-refractivity contribution in [3.8, 4) is 0 Å². The molecule has 0 aliphatic heterocycles. The molecule has 0 aromatic carbocycles. The lowest BCUT2D eigenvalue weighted by Gasteiger charge is -1.98. The molecule has 60 valence electrons. The van der Waals surface area contributed by atoms with Crippen molar-refractivity contribution < 1.29 is 0 Å². The monoisotopic (exact) mass is 213 g/mol. The van der Waals surface area contributed by atoms with Crippen LogP contribution in [0.1, 0.15) is 18.2 Å². The molecule has 0 aliphatic carbocycles. The van der Waals surface area contributed by atoms with Gasteiger partial charge in [0.05, 0.1) is 0 Å². The Kier molecular flexibility index (Phi) is 3.57. The van der Waals surface area contributed by atoms with Crippen LogP contribution in [0.15, 0.2) is 18.3 Å². The third-order valence-corrected chi connectivity index (χ3v) is 2.04. The Bertz CT molecular complexity index is 205. The molecule has 0 aliphatic rings. The smallest absolute Gasteiger partial charge is 0.0412 e. The minimum atomic E-state index is 0.992. The van der Waals surface area contributed by atoms with Gasteiger partial charge in [-0.3, -0.25) is 4.98 Å². The third-order valence-electron chi connectivity index (χ3n) is 1.64. The lowest BCUT2D eigenvalue weighted by molar-refractivity contribution is 1.02. The molecule has 0 atom stereocenters. The fourth-order valence-electron chi connectivity index (χ4n) is 0.909. The summed E-state index contributed by atoms with van der Waals surface area (Å²) in [7, 11) is 0. The number of rotatable bonds is 3. The molecule has 0 unspecified atom stereocenters. The van der Waals surface area contributed by atoms with Gasteiger partial charge in [-0.05, 0) is 24.5 Å². The molecule has 1 aromatic rings. The molecule has 0 N–H and O–H groups in total. The Hall–Kier alpha value is -0.370. The van der Waals surface area contributed by atoms with Crippen LogP contribution >= 0.6 is 15.9 Å². The maximum atomic E-state index is 4.31. The minimum absolute atomic E-state index is 0.992. The summed E-state index contributed by atoms with van der Waals surface area (Å²) in [5.41, 5.74) is 2.47. The fourth-order valence-corrected chi connectivity index (χ4v) is 1.32. The van der Waals surface area contributed by atoms with Gasteiger partial charge >= 0.3 is 0 Å². The highest BCUT2D eigenvalue weighted by Gasteiger charge is 1.92. The SMILES string of the molecule is CCc1ccc(CCBr)nc1. The summed E-state index contributed by atoms with van der Waals surface area (Å²) in [5.74, 6) is 0.